The number of para-hydroxylation sites is 2. The third-order valence-corrected chi connectivity index (χ3v) is 6.63. The zero-order chi connectivity index (χ0) is 23.4. The predicted molar refractivity (Wildman–Crippen MR) is 135 cm³/mol. The number of imide groups is 1. The molecule has 0 unspecified atom stereocenters. The number of hydrogen-bond donors (Lipinski definition) is 0. The van der Waals surface area contributed by atoms with Gasteiger partial charge in [0.1, 0.15) is 5.75 Å². The molecule has 0 aliphatic carbocycles. The van der Waals surface area contributed by atoms with E-state index in [9.17, 15) is 9.59 Å². The molecule has 3 aromatic rings. The van der Waals surface area contributed by atoms with Gasteiger partial charge < -0.3 is 4.74 Å². The minimum absolute atomic E-state index is 0.302. The highest BCUT2D eigenvalue weighted by molar-refractivity contribution is 8.03. The molecule has 33 heavy (non-hydrogen) atoms. The highest BCUT2D eigenvalue weighted by atomic mass is 32.2. The summed E-state index contributed by atoms with van der Waals surface area (Å²) < 4.78 is 5.87. The molecule has 3 aromatic carbocycles. The Labute approximate surface area is 199 Å². The fourth-order valence-electron chi connectivity index (χ4n) is 3.90. The molecule has 0 fully saturated rings. The molecule has 1 aliphatic heterocycles. The molecule has 4 rings (SSSR count). The molecule has 0 bridgehead atoms. The number of nitrogens with zero attached hydrogens (tertiary/aromatic N) is 1. The molecule has 168 valence electrons. The minimum atomic E-state index is -0.310. The van der Waals surface area contributed by atoms with E-state index >= 15 is 0 Å². The molecule has 0 atom stereocenters. The number of aryl methyl sites for hydroxylation is 2. The molecule has 0 aromatic heterocycles. The van der Waals surface area contributed by atoms with Crippen molar-refractivity contribution in [1.29, 1.82) is 0 Å². The Bertz CT molecular complexity index is 1220. The summed E-state index contributed by atoms with van der Waals surface area (Å²) in [5.74, 6) is 0.527. The molecule has 0 saturated heterocycles. The second-order valence-corrected chi connectivity index (χ2v) is 9.04. The Kier molecular flexibility index (Phi) is 6.99. The number of carbonyl (C=O) groups excluding carboxylic acids is 2. The smallest absolute Gasteiger partial charge is 0.272 e. The molecule has 0 radical (unpaired) electrons. The van der Waals surface area contributed by atoms with Gasteiger partial charge in [0.15, 0.2) is 0 Å². The van der Waals surface area contributed by atoms with E-state index in [1.165, 1.54) is 16.7 Å². The average Bonchev–Trinajstić information content (AvgIpc) is 3.06. The topological polar surface area (TPSA) is 46.6 Å². The van der Waals surface area contributed by atoms with Crippen LogP contribution >= 0.6 is 11.8 Å². The molecule has 2 amide bonds. The van der Waals surface area contributed by atoms with Gasteiger partial charge in [-0.25, -0.2) is 4.90 Å². The normalized spacial score (nSPS) is 13.7. The van der Waals surface area contributed by atoms with Gasteiger partial charge in [-0.1, -0.05) is 73.2 Å². The van der Waals surface area contributed by atoms with Gasteiger partial charge in [-0.2, -0.15) is 0 Å². The summed E-state index contributed by atoms with van der Waals surface area (Å²) in [4.78, 5) is 29.2. The van der Waals surface area contributed by atoms with Crippen LogP contribution in [0.15, 0.2) is 77.7 Å². The van der Waals surface area contributed by atoms with Crippen molar-refractivity contribution in [2.24, 2.45) is 0 Å². The maximum absolute atomic E-state index is 13.8. The van der Waals surface area contributed by atoms with Crippen molar-refractivity contribution in [2.75, 3.05) is 11.5 Å². The maximum Gasteiger partial charge on any atom is 0.272 e. The van der Waals surface area contributed by atoms with E-state index in [1.54, 1.807) is 12.1 Å². The lowest BCUT2D eigenvalue weighted by Gasteiger charge is -2.19. The zero-order valence-electron chi connectivity index (χ0n) is 19.1. The van der Waals surface area contributed by atoms with Crippen LogP contribution in [0.1, 0.15) is 35.6 Å². The van der Waals surface area contributed by atoms with E-state index in [1.807, 2.05) is 81.4 Å². The second kappa shape index (κ2) is 10.1. The van der Waals surface area contributed by atoms with E-state index < -0.39 is 0 Å². The van der Waals surface area contributed by atoms with Gasteiger partial charge in [0.2, 0.25) is 0 Å². The first-order valence-electron chi connectivity index (χ1n) is 11.1. The standard InChI is InChI=1S/C28H27NO3S/c1-4-16-32-24-13-9-8-12-23(24)29-27(30)25(22-15-14-19(2)17-20(22)3)26(28(29)31)33-18-21-10-6-5-7-11-21/h5-15,17H,4,16,18H2,1-3H3. The molecular formula is C28H27NO3S. The summed E-state index contributed by atoms with van der Waals surface area (Å²) in [7, 11) is 0. The minimum Gasteiger partial charge on any atom is -0.491 e. The third kappa shape index (κ3) is 4.74. The SMILES string of the molecule is CCCOc1ccccc1N1C(=O)C(SCc2ccccc2)=C(c2ccc(C)cc2C)C1=O. The molecule has 0 spiro atoms. The van der Waals surface area contributed by atoms with Crippen molar-refractivity contribution >= 4 is 34.8 Å². The van der Waals surface area contributed by atoms with Gasteiger partial charge in [-0.3, -0.25) is 9.59 Å². The van der Waals surface area contributed by atoms with Gasteiger partial charge in [-0.15, -0.1) is 11.8 Å². The van der Waals surface area contributed by atoms with Crippen LogP contribution in [0.25, 0.3) is 5.57 Å². The molecular weight excluding hydrogens is 430 g/mol. The van der Waals surface area contributed by atoms with Gasteiger partial charge in [-0.05, 0) is 49.1 Å². The highest BCUT2D eigenvalue weighted by Gasteiger charge is 2.41. The number of anilines is 1. The number of carbonyl (C=O) groups is 2. The van der Waals surface area contributed by atoms with Crippen LogP contribution in [0.4, 0.5) is 5.69 Å². The molecule has 5 heteroatoms. The van der Waals surface area contributed by atoms with Crippen LogP contribution in [0.2, 0.25) is 0 Å². The monoisotopic (exact) mass is 457 g/mol. The van der Waals surface area contributed by atoms with E-state index in [0.717, 1.165) is 28.7 Å². The molecule has 0 saturated carbocycles. The van der Waals surface area contributed by atoms with Crippen molar-refractivity contribution in [3.63, 3.8) is 0 Å². The Morgan fingerprint density at radius 3 is 2.33 bits per heavy atom. The van der Waals surface area contributed by atoms with Gasteiger partial charge >= 0.3 is 0 Å². The van der Waals surface area contributed by atoms with Crippen molar-refractivity contribution in [1.82, 2.24) is 0 Å². The summed E-state index contributed by atoms with van der Waals surface area (Å²) in [5, 5.41) is 0. The summed E-state index contributed by atoms with van der Waals surface area (Å²) in [6, 6.07) is 23.2. The second-order valence-electron chi connectivity index (χ2n) is 8.06. The lowest BCUT2D eigenvalue weighted by molar-refractivity contribution is -0.119. The predicted octanol–water partition coefficient (Wildman–Crippen LogP) is 6.31. The first kappa shape index (κ1) is 22.9. The van der Waals surface area contributed by atoms with E-state index in [-0.39, 0.29) is 11.8 Å². The largest absolute Gasteiger partial charge is 0.491 e. The fraction of sp³-hybridized carbons (Fsp3) is 0.214. The number of amides is 2. The number of ether oxygens (including phenoxy) is 1. The highest BCUT2D eigenvalue weighted by Crippen LogP contribution is 2.42. The first-order valence-corrected chi connectivity index (χ1v) is 12.1. The average molecular weight is 458 g/mol. The molecule has 4 nitrogen and oxygen atoms in total. The van der Waals surface area contributed by atoms with Crippen molar-refractivity contribution < 1.29 is 14.3 Å². The molecule has 1 aliphatic rings. The summed E-state index contributed by atoms with van der Waals surface area (Å²) in [6.07, 6.45) is 0.834. The van der Waals surface area contributed by atoms with Crippen molar-refractivity contribution in [2.45, 2.75) is 32.9 Å². The van der Waals surface area contributed by atoms with Crippen LogP contribution in [0.3, 0.4) is 0 Å². The van der Waals surface area contributed by atoms with Crippen LogP contribution in [0, 0.1) is 13.8 Å². The van der Waals surface area contributed by atoms with Crippen LogP contribution < -0.4 is 9.64 Å². The fourth-order valence-corrected chi connectivity index (χ4v) is 4.96. The summed E-state index contributed by atoms with van der Waals surface area (Å²) in [6.45, 7) is 6.53. The van der Waals surface area contributed by atoms with Crippen LogP contribution in [-0.4, -0.2) is 18.4 Å². The Balaban J connectivity index is 1.78. The van der Waals surface area contributed by atoms with Gasteiger partial charge in [0, 0.05) is 5.75 Å². The summed E-state index contributed by atoms with van der Waals surface area (Å²) >= 11 is 1.41. The maximum atomic E-state index is 13.8. The van der Waals surface area contributed by atoms with Crippen LogP contribution in [0.5, 0.6) is 5.75 Å². The summed E-state index contributed by atoms with van der Waals surface area (Å²) in [5.41, 5.74) is 4.93. The first-order chi connectivity index (χ1) is 16.0. The Hall–Kier alpha value is -3.31. The lowest BCUT2D eigenvalue weighted by Crippen LogP contribution is -2.31. The van der Waals surface area contributed by atoms with Crippen molar-refractivity contribution in [3.05, 3.63) is 100.0 Å². The Morgan fingerprint density at radius 2 is 1.61 bits per heavy atom. The molecule has 0 N–H and O–H groups in total. The van der Waals surface area contributed by atoms with Gasteiger partial charge in [0.05, 0.1) is 22.8 Å². The van der Waals surface area contributed by atoms with Crippen LogP contribution in [-0.2, 0) is 15.3 Å². The molecule has 1 heterocycles. The van der Waals surface area contributed by atoms with E-state index in [2.05, 4.69) is 0 Å². The number of hydrogen-bond acceptors (Lipinski definition) is 4. The van der Waals surface area contributed by atoms with Crippen molar-refractivity contribution in [3.8, 4) is 5.75 Å². The van der Waals surface area contributed by atoms with E-state index in [4.69, 9.17) is 4.74 Å². The third-order valence-electron chi connectivity index (χ3n) is 5.49. The number of thioether (sulfide) groups is 1. The number of benzene rings is 3. The Morgan fingerprint density at radius 1 is 0.879 bits per heavy atom. The zero-order valence-corrected chi connectivity index (χ0v) is 19.9. The quantitative estimate of drug-likeness (QED) is 0.372. The number of rotatable bonds is 8. The lowest BCUT2D eigenvalue weighted by atomic mass is 9.98. The van der Waals surface area contributed by atoms with Gasteiger partial charge in [0.25, 0.3) is 11.8 Å². The van der Waals surface area contributed by atoms with E-state index in [0.29, 0.717) is 34.3 Å².